The van der Waals surface area contributed by atoms with E-state index in [1.54, 1.807) is 26.1 Å². The minimum atomic E-state index is -0.404. The van der Waals surface area contributed by atoms with Crippen LogP contribution in [0.1, 0.15) is 6.92 Å². The first-order valence-corrected chi connectivity index (χ1v) is 4.27. The van der Waals surface area contributed by atoms with Crippen molar-refractivity contribution in [3.8, 4) is 0 Å². The molecule has 14 heavy (non-hydrogen) atoms. The van der Waals surface area contributed by atoms with Crippen molar-refractivity contribution in [1.29, 1.82) is 0 Å². The maximum atomic E-state index is 11.3. The molecule has 76 valence electrons. The summed E-state index contributed by atoms with van der Waals surface area (Å²) in [5.74, 6) is 0.422. The highest BCUT2D eigenvalue weighted by molar-refractivity contribution is 5.86. The van der Waals surface area contributed by atoms with Gasteiger partial charge < -0.3 is 10.5 Å². The van der Waals surface area contributed by atoms with Gasteiger partial charge in [0.2, 0.25) is 0 Å². The summed E-state index contributed by atoms with van der Waals surface area (Å²) in [7, 11) is 1.62. The van der Waals surface area contributed by atoms with Gasteiger partial charge >= 0.3 is 6.09 Å². The van der Waals surface area contributed by atoms with Crippen LogP contribution in [-0.2, 0) is 4.74 Å². The number of rotatable bonds is 2. The second-order valence-corrected chi connectivity index (χ2v) is 2.70. The quantitative estimate of drug-likeness (QED) is 0.771. The third-order valence-electron chi connectivity index (χ3n) is 1.70. The van der Waals surface area contributed by atoms with Crippen LogP contribution < -0.4 is 10.6 Å². The lowest BCUT2D eigenvalue weighted by Gasteiger charge is -2.15. The molecule has 0 aliphatic carbocycles. The van der Waals surface area contributed by atoms with Crippen LogP contribution in [0.4, 0.5) is 16.3 Å². The molecular weight excluding hydrogens is 182 g/mol. The second kappa shape index (κ2) is 4.45. The molecule has 1 amide bonds. The molecule has 0 saturated carbocycles. The number of hydrogen-bond donors (Lipinski definition) is 1. The zero-order valence-corrected chi connectivity index (χ0v) is 8.23. The van der Waals surface area contributed by atoms with Crippen molar-refractivity contribution in [2.75, 3.05) is 24.3 Å². The van der Waals surface area contributed by atoms with Crippen molar-refractivity contribution in [1.82, 2.24) is 4.98 Å². The lowest BCUT2D eigenvalue weighted by atomic mass is 10.4. The van der Waals surface area contributed by atoms with E-state index in [0.717, 1.165) is 0 Å². The van der Waals surface area contributed by atoms with E-state index >= 15 is 0 Å². The van der Waals surface area contributed by atoms with Crippen molar-refractivity contribution in [2.24, 2.45) is 0 Å². The summed E-state index contributed by atoms with van der Waals surface area (Å²) in [5, 5.41) is 0. The predicted molar refractivity (Wildman–Crippen MR) is 54.1 cm³/mol. The molecule has 5 heteroatoms. The first-order chi connectivity index (χ1) is 6.65. The fraction of sp³-hybridized carbons (Fsp3) is 0.333. The Hall–Kier alpha value is -1.78. The molecule has 1 aromatic heterocycles. The molecule has 0 radical (unpaired) electrons. The van der Waals surface area contributed by atoms with Gasteiger partial charge in [-0.05, 0) is 19.1 Å². The van der Waals surface area contributed by atoms with Gasteiger partial charge in [-0.1, -0.05) is 0 Å². The molecule has 5 nitrogen and oxygen atoms in total. The summed E-state index contributed by atoms with van der Waals surface area (Å²) in [6.45, 7) is 2.11. The minimum absolute atomic E-state index is 0.353. The maximum Gasteiger partial charge on any atom is 0.414 e. The number of carbonyl (C=O) groups excluding carboxylic acids is 1. The standard InChI is InChI=1S/C9H13N3O2/c1-3-14-9(13)12(2)7-4-5-8(10)11-6-7/h4-6H,3H2,1-2H3,(H2,10,11). The van der Waals surface area contributed by atoms with Gasteiger partial charge in [0.25, 0.3) is 0 Å². The molecule has 0 bridgehead atoms. The Bertz CT molecular complexity index is 310. The molecular formula is C9H13N3O2. The first-order valence-electron chi connectivity index (χ1n) is 4.27. The summed E-state index contributed by atoms with van der Waals surface area (Å²) in [6.07, 6.45) is 1.12. The maximum absolute atomic E-state index is 11.3. The molecule has 1 heterocycles. The summed E-state index contributed by atoms with van der Waals surface area (Å²) >= 11 is 0. The van der Waals surface area contributed by atoms with E-state index in [9.17, 15) is 4.79 Å². The molecule has 2 N–H and O–H groups in total. The fourth-order valence-corrected chi connectivity index (χ4v) is 0.922. The molecule has 0 saturated heterocycles. The molecule has 1 aromatic rings. The van der Waals surface area contributed by atoms with Crippen LogP contribution in [0.15, 0.2) is 18.3 Å². The Morgan fingerprint density at radius 1 is 1.64 bits per heavy atom. The number of nitrogen functional groups attached to an aromatic ring is 1. The average Bonchev–Trinajstić information content (AvgIpc) is 2.18. The predicted octanol–water partition coefficient (Wildman–Crippen LogP) is 1.26. The molecule has 0 aromatic carbocycles. The van der Waals surface area contributed by atoms with Crippen molar-refractivity contribution in [2.45, 2.75) is 6.92 Å². The van der Waals surface area contributed by atoms with E-state index in [0.29, 0.717) is 18.1 Å². The SMILES string of the molecule is CCOC(=O)N(C)c1ccc(N)nc1. The van der Waals surface area contributed by atoms with Crippen LogP contribution in [-0.4, -0.2) is 24.7 Å². The zero-order valence-electron chi connectivity index (χ0n) is 8.23. The van der Waals surface area contributed by atoms with Gasteiger partial charge in [-0.3, -0.25) is 4.90 Å². The van der Waals surface area contributed by atoms with Crippen molar-refractivity contribution in [3.63, 3.8) is 0 Å². The summed E-state index contributed by atoms with van der Waals surface area (Å²) in [5.41, 5.74) is 6.07. The minimum Gasteiger partial charge on any atom is -0.449 e. The van der Waals surface area contributed by atoms with Gasteiger partial charge in [0.15, 0.2) is 0 Å². The van der Waals surface area contributed by atoms with Crippen LogP contribution in [0.5, 0.6) is 0 Å². The van der Waals surface area contributed by atoms with E-state index in [1.807, 2.05) is 0 Å². The third kappa shape index (κ3) is 2.35. The zero-order chi connectivity index (χ0) is 10.6. The third-order valence-corrected chi connectivity index (χ3v) is 1.70. The number of aromatic nitrogens is 1. The summed E-state index contributed by atoms with van der Waals surface area (Å²) in [4.78, 5) is 16.5. The van der Waals surface area contributed by atoms with Gasteiger partial charge in [0, 0.05) is 7.05 Å². The lowest BCUT2D eigenvalue weighted by molar-refractivity contribution is 0.161. The number of carbonyl (C=O) groups is 1. The summed E-state index contributed by atoms with van der Waals surface area (Å²) < 4.78 is 4.82. The number of anilines is 2. The number of nitrogens with two attached hydrogens (primary N) is 1. The average molecular weight is 195 g/mol. The number of pyridine rings is 1. The smallest absolute Gasteiger partial charge is 0.414 e. The molecule has 0 aliphatic rings. The van der Waals surface area contributed by atoms with E-state index in [2.05, 4.69) is 4.98 Å². The van der Waals surface area contributed by atoms with E-state index in [1.165, 1.54) is 11.1 Å². The molecule has 0 spiro atoms. The Morgan fingerprint density at radius 3 is 2.86 bits per heavy atom. The van der Waals surface area contributed by atoms with Gasteiger partial charge in [-0.25, -0.2) is 9.78 Å². The van der Waals surface area contributed by atoms with Crippen molar-refractivity contribution < 1.29 is 9.53 Å². The normalized spacial score (nSPS) is 9.57. The molecule has 1 rings (SSSR count). The van der Waals surface area contributed by atoms with Gasteiger partial charge in [0.1, 0.15) is 5.82 Å². The van der Waals surface area contributed by atoms with Crippen LogP contribution in [0, 0.1) is 0 Å². The molecule has 0 atom stereocenters. The van der Waals surface area contributed by atoms with Gasteiger partial charge in [-0.2, -0.15) is 0 Å². The highest BCUT2D eigenvalue weighted by Gasteiger charge is 2.10. The fourth-order valence-electron chi connectivity index (χ4n) is 0.922. The first kappa shape index (κ1) is 10.3. The summed E-state index contributed by atoms with van der Waals surface area (Å²) in [6, 6.07) is 3.34. The van der Waals surface area contributed by atoms with Crippen molar-refractivity contribution >= 4 is 17.6 Å². The Labute approximate surface area is 82.5 Å². The lowest BCUT2D eigenvalue weighted by Crippen LogP contribution is -2.27. The van der Waals surface area contributed by atoms with Crippen LogP contribution in [0.2, 0.25) is 0 Å². The van der Waals surface area contributed by atoms with Gasteiger partial charge in [0.05, 0.1) is 18.5 Å². The molecule has 0 fully saturated rings. The molecule has 0 aliphatic heterocycles. The van der Waals surface area contributed by atoms with E-state index < -0.39 is 6.09 Å². The monoisotopic (exact) mass is 195 g/mol. The largest absolute Gasteiger partial charge is 0.449 e. The Balaban J connectivity index is 2.73. The topological polar surface area (TPSA) is 68.5 Å². The number of hydrogen-bond acceptors (Lipinski definition) is 4. The molecule has 0 unspecified atom stereocenters. The van der Waals surface area contributed by atoms with Crippen molar-refractivity contribution in [3.05, 3.63) is 18.3 Å². The van der Waals surface area contributed by atoms with Crippen LogP contribution in [0.25, 0.3) is 0 Å². The number of nitrogens with zero attached hydrogens (tertiary/aromatic N) is 2. The van der Waals surface area contributed by atoms with E-state index in [-0.39, 0.29) is 0 Å². The number of amides is 1. The van der Waals surface area contributed by atoms with Crippen LogP contribution >= 0.6 is 0 Å². The number of ether oxygens (including phenoxy) is 1. The van der Waals surface area contributed by atoms with E-state index in [4.69, 9.17) is 10.5 Å². The second-order valence-electron chi connectivity index (χ2n) is 2.70. The van der Waals surface area contributed by atoms with Crippen LogP contribution in [0.3, 0.4) is 0 Å². The highest BCUT2D eigenvalue weighted by Crippen LogP contribution is 2.12. The Morgan fingerprint density at radius 2 is 2.36 bits per heavy atom. The highest BCUT2D eigenvalue weighted by atomic mass is 16.6. The van der Waals surface area contributed by atoms with Gasteiger partial charge in [-0.15, -0.1) is 0 Å². The Kier molecular flexibility index (Phi) is 3.28.